The molecule has 0 saturated heterocycles. The molecule has 0 radical (unpaired) electrons. The van der Waals surface area contributed by atoms with Crippen molar-refractivity contribution < 1.29 is 19.4 Å². The molecule has 1 amide bonds. The summed E-state index contributed by atoms with van der Waals surface area (Å²) in [5, 5.41) is 15.4. The van der Waals surface area contributed by atoms with Crippen molar-refractivity contribution in [2.75, 3.05) is 10.6 Å². The van der Waals surface area contributed by atoms with Gasteiger partial charge in [-0.15, -0.1) is 0 Å². The molecule has 0 aromatic heterocycles. The highest BCUT2D eigenvalue weighted by molar-refractivity contribution is 5.92. The number of anilines is 2. The Labute approximate surface area is 187 Å². The van der Waals surface area contributed by atoms with Crippen molar-refractivity contribution in [2.24, 2.45) is 5.41 Å². The second-order valence-electron chi connectivity index (χ2n) is 8.76. The normalized spacial score (nSPS) is 16.4. The van der Waals surface area contributed by atoms with E-state index < -0.39 is 6.16 Å². The van der Waals surface area contributed by atoms with E-state index in [1.54, 1.807) is 12.1 Å². The molecule has 0 spiro atoms. The number of carbonyl (C=O) groups excluding carboxylic acids is 1. The monoisotopic (exact) mass is 430 g/mol. The number of ether oxygens (including phenoxy) is 1. The van der Waals surface area contributed by atoms with Gasteiger partial charge in [-0.1, -0.05) is 56.3 Å². The number of carboxylic acid groups (broad SMARTS) is 1. The summed E-state index contributed by atoms with van der Waals surface area (Å²) in [6, 6.07) is 22.9. The smallest absolute Gasteiger partial charge is 0.449 e. The van der Waals surface area contributed by atoms with E-state index in [9.17, 15) is 9.59 Å². The number of nitrogens with one attached hydrogen (secondary N) is 2. The maximum Gasteiger partial charge on any atom is 0.511 e. The molecule has 3 aromatic carbocycles. The molecular formula is C26H26N2O4. The predicted octanol–water partition coefficient (Wildman–Crippen LogP) is 5.66. The molecule has 1 aliphatic rings. The maximum absolute atomic E-state index is 12.3. The first-order valence-electron chi connectivity index (χ1n) is 10.5. The summed E-state index contributed by atoms with van der Waals surface area (Å²) in [6.45, 7) is 4.35. The Kier molecular flexibility index (Phi) is 5.86. The number of rotatable bonds is 5. The van der Waals surface area contributed by atoms with E-state index in [-0.39, 0.29) is 17.4 Å². The molecule has 1 unspecified atom stereocenters. The molecule has 4 rings (SSSR count). The highest BCUT2D eigenvalue weighted by Gasteiger charge is 2.36. The van der Waals surface area contributed by atoms with Crippen LogP contribution in [0.4, 0.5) is 16.2 Å². The van der Waals surface area contributed by atoms with E-state index in [2.05, 4.69) is 24.5 Å². The van der Waals surface area contributed by atoms with Gasteiger partial charge in [0, 0.05) is 11.4 Å². The van der Waals surface area contributed by atoms with Crippen LogP contribution in [-0.4, -0.2) is 17.2 Å². The van der Waals surface area contributed by atoms with E-state index in [1.165, 1.54) is 0 Å². The van der Waals surface area contributed by atoms with Crippen LogP contribution in [0, 0.1) is 5.41 Å². The van der Waals surface area contributed by atoms with Crippen molar-refractivity contribution in [3.05, 3.63) is 89.5 Å². The lowest BCUT2D eigenvalue weighted by Crippen LogP contribution is -2.35. The van der Waals surface area contributed by atoms with Crippen molar-refractivity contribution in [2.45, 2.75) is 32.7 Å². The van der Waals surface area contributed by atoms with Crippen LogP contribution < -0.4 is 15.4 Å². The van der Waals surface area contributed by atoms with Gasteiger partial charge in [-0.05, 0) is 58.9 Å². The largest absolute Gasteiger partial charge is 0.511 e. The minimum absolute atomic E-state index is 0.0478. The zero-order valence-electron chi connectivity index (χ0n) is 18.1. The molecular weight excluding hydrogens is 404 g/mol. The van der Waals surface area contributed by atoms with Crippen molar-refractivity contribution in [3.8, 4) is 5.75 Å². The van der Waals surface area contributed by atoms with Crippen molar-refractivity contribution in [1.82, 2.24) is 0 Å². The minimum Gasteiger partial charge on any atom is -0.449 e. The Morgan fingerprint density at radius 2 is 1.78 bits per heavy atom. The van der Waals surface area contributed by atoms with E-state index in [1.807, 2.05) is 60.7 Å². The maximum atomic E-state index is 12.3. The molecule has 6 heteroatoms. The molecule has 6 nitrogen and oxygen atoms in total. The van der Waals surface area contributed by atoms with Crippen LogP contribution in [0.5, 0.6) is 5.75 Å². The molecule has 3 N–H and O–H groups in total. The highest BCUT2D eigenvalue weighted by Crippen LogP contribution is 2.45. The fourth-order valence-corrected chi connectivity index (χ4v) is 4.25. The van der Waals surface area contributed by atoms with Crippen molar-refractivity contribution in [1.29, 1.82) is 0 Å². The van der Waals surface area contributed by atoms with Gasteiger partial charge in [-0.2, -0.15) is 0 Å². The Bertz CT molecular complexity index is 1120. The van der Waals surface area contributed by atoms with Gasteiger partial charge in [-0.3, -0.25) is 4.79 Å². The number of benzene rings is 3. The first kappa shape index (κ1) is 21.4. The minimum atomic E-state index is -1.32. The second-order valence-corrected chi connectivity index (χ2v) is 8.76. The third-order valence-electron chi connectivity index (χ3n) is 5.74. The van der Waals surface area contributed by atoms with Gasteiger partial charge in [0.05, 0.1) is 12.5 Å². The summed E-state index contributed by atoms with van der Waals surface area (Å²) in [7, 11) is 0. The van der Waals surface area contributed by atoms with Crippen LogP contribution in [0.15, 0.2) is 72.8 Å². The van der Waals surface area contributed by atoms with Gasteiger partial charge < -0.3 is 20.5 Å². The van der Waals surface area contributed by atoms with E-state index in [4.69, 9.17) is 9.84 Å². The summed E-state index contributed by atoms with van der Waals surface area (Å²) in [6.07, 6.45) is -0.210. The number of carbonyl (C=O) groups is 2. The zero-order valence-corrected chi connectivity index (χ0v) is 18.1. The topological polar surface area (TPSA) is 87.7 Å². The number of amides is 1. The van der Waals surface area contributed by atoms with Crippen LogP contribution in [0.2, 0.25) is 0 Å². The molecule has 1 aliphatic heterocycles. The molecule has 0 saturated carbocycles. The lowest BCUT2D eigenvalue weighted by atomic mass is 9.73. The molecule has 32 heavy (non-hydrogen) atoms. The van der Waals surface area contributed by atoms with E-state index >= 15 is 0 Å². The Balaban J connectivity index is 1.46. The molecule has 1 atom stereocenters. The quantitative estimate of drug-likeness (QED) is 0.359. The number of hydrogen-bond acceptors (Lipinski definition) is 4. The Hall–Kier alpha value is -3.80. The second kappa shape index (κ2) is 8.75. The van der Waals surface area contributed by atoms with Gasteiger partial charge in [0.1, 0.15) is 5.75 Å². The summed E-state index contributed by atoms with van der Waals surface area (Å²) in [5.41, 5.74) is 4.73. The fourth-order valence-electron chi connectivity index (χ4n) is 4.25. The predicted molar refractivity (Wildman–Crippen MR) is 124 cm³/mol. The highest BCUT2D eigenvalue weighted by atomic mass is 16.7. The van der Waals surface area contributed by atoms with Gasteiger partial charge in [0.15, 0.2) is 0 Å². The van der Waals surface area contributed by atoms with Crippen molar-refractivity contribution in [3.63, 3.8) is 0 Å². The van der Waals surface area contributed by atoms with Crippen LogP contribution >= 0.6 is 0 Å². The zero-order chi connectivity index (χ0) is 22.7. The van der Waals surface area contributed by atoms with Gasteiger partial charge in [0.25, 0.3) is 0 Å². The van der Waals surface area contributed by atoms with E-state index in [0.717, 1.165) is 34.5 Å². The van der Waals surface area contributed by atoms with Gasteiger partial charge >= 0.3 is 6.16 Å². The third kappa shape index (κ3) is 4.91. The van der Waals surface area contributed by atoms with Crippen LogP contribution in [0.25, 0.3) is 0 Å². The Morgan fingerprint density at radius 3 is 2.47 bits per heavy atom. The molecule has 0 bridgehead atoms. The van der Waals surface area contributed by atoms with Gasteiger partial charge in [-0.25, -0.2) is 4.79 Å². The summed E-state index contributed by atoms with van der Waals surface area (Å²) in [4.78, 5) is 23.2. The summed E-state index contributed by atoms with van der Waals surface area (Å²) >= 11 is 0. The average Bonchev–Trinajstić information content (AvgIpc) is 2.73. The lowest BCUT2D eigenvalue weighted by Gasteiger charge is -2.41. The first-order valence-corrected chi connectivity index (χ1v) is 10.5. The standard InChI is InChI=1S/C26H26N2O4/c1-26(2)16-19-15-21(32-25(30)31)12-13-22(19)28-24(26)18-8-10-20(11-9-18)27-23(29)14-17-6-4-3-5-7-17/h3-13,15,24,28H,14,16H2,1-2H3,(H,27,29)(H,30,31). The fraction of sp³-hybridized carbons (Fsp3) is 0.231. The van der Waals surface area contributed by atoms with Crippen LogP contribution in [-0.2, 0) is 17.6 Å². The molecule has 0 aliphatic carbocycles. The summed E-state index contributed by atoms with van der Waals surface area (Å²) < 4.78 is 4.80. The summed E-state index contributed by atoms with van der Waals surface area (Å²) in [5.74, 6) is 0.274. The molecule has 3 aromatic rings. The Morgan fingerprint density at radius 1 is 1.06 bits per heavy atom. The SMILES string of the molecule is CC1(C)Cc2cc(OC(=O)O)ccc2NC1c1ccc(NC(=O)Cc2ccccc2)cc1. The van der Waals surface area contributed by atoms with Crippen molar-refractivity contribution >= 4 is 23.4 Å². The van der Waals surface area contributed by atoms with E-state index in [0.29, 0.717) is 12.2 Å². The van der Waals surface area contributed by atoms with Gasteiger partial charge in [0.2, 0.25) is 5.91 Å². The molecule has 0 fully saturated rings. The van der Waals surface area contributed by atoms with Crippen LogP contribution in [0.3, 0.4) is 0 Å². The first-order chi connectivity index (χ1) is 15.3. The molecule has 164 valence electrons. The number of hydrogen-bond donors (Lipinski definition) is 3. The lowest BCUT2D eigenvalue weighted by molar-refractivity contribution is -0.115. The average molecular weight is 431 g/mol. The van der Waals surface area contributed by atoms with Crippen LogP contribution in [0.1, 0.15) is 36.6 Å². The number of fused-ring (bicyclic) bond motifs is 1. The molecule has 1 heterocycles. The third-order valence-corrected chi connectivity index (χ3v) is 5.74.